The highest BCUT2D eigenvalue weighted by Crippen LogP contribution is 2.32. The number of benzene rings is 1. The van der Waals surface area contributed by atoms with E-state index >= 15 is 0 Å². The number of hydrazone groups is 1. The van der Waals surface area contributed by atoms with Crippen LogP contribution in [0, 0.1) is 15.9 Å². The van der Waals surface area contributed by atoms with Crippen LogP contribution in [0.5, 0.6) is 0 Å². The minimum absolute atomic E-state index is 0.114. The molecule has 0 N–H and O–H groups in total. The number of rotatable bonds is 4. The molecule has 0 spiro atoms. The van der Waals surface area contributed by atoms with E-state index in [4.69, 9.17) is 16.6 Å². The van der Waals surface area contributed by atoms with Gasteiger partial charge in [0.15, 0.2) is 10.1 Å². The van der Waals surface area contributed by atoms with Gasteiger partial charge in [-0.3, -0.25) is 14.9 Å². The number of nitrogens with zero attached hydrogens (tertiary/aromatic N) is 3. The highest BCUT2D eigenvalue weighted by molar-refractivity contribution is 8.26. The zero-order chi connectivity index (χ0) is 18.0. The summed E-state index contributed by atoms with van der Waals surface area (Å²) in [5.41, 5.74) is 0.646. The maximum absolute atomic E-state index is 12.9. The molecule has 126 valence electrons. The minimum Gasteiger partial charge on any atom is -0.400 e. The van der Waals surface area contributed by atoms with E-state index in [9.17, 15) is 19.3 Å². The highest BCUT2D eigenvalue weighted by Gasteiger charge is 2.32. The van der Waals surface area contributed by atoms with Crippen molar-refractivity contribution < 1.29 is 18.5 Å². The van der Waals surface area contributed by atoms with Crippen molar-refractivity contribution in [3.8, 4) is 0 Å². The Morgan fingerprint density at radius 3 is 2.64 bits per heavy atom. The number of thioether (sulfide) groups is 1. The Morgan fingerprint density at radius 2 is 2.00 bits per heavy atom. The van der Waals surface area contributed by atoms with E-state index < -0.39 is 16.7 Å². The number of carbonyl (C=O) groups excluding carboxylic acids is 1. The quantitative estimate of drug-likeness (QED) is 0.266. The van der Waals surface area contributed by atoms with Crippen molar-refractivity contribution in [3.63, 3.8) is 0 Å². The zero-order valence-electron chi connectivity index (χ0n) is 12.3. The van der Waals surface area contributed by atoms with Gasteiger partial charge in [-0.1, -0.05) is 23.9 Å². The summed E-state index contributed by atoms with van der Waals surface area (Å²) in [6, 6.07) is 8.18. The van der Waals surface area contributed by atoms with Crippen LogP contribution in [-0.2, 0) is 4.79 Å². The lowest BCUT2D eigenvalue weighted by molar-refractivity contribution is -0.402. The summed E-state index contributed by atoms with van der Waals surface area (Å²) in [5.74, 6) is -1.13. The first-order valence-corrected chi connectivity index (χ1v) is 7.98. The lowest BCUT2D eigenvalue weighted by Gasteiger charge is -2.05. The largest absolute Gasteiger partial charge is 0.433 e. The summed E-state index contributed by atoms with van der Waals surface area (Å²) in [4.78, 5) is 22.6. The van der Waals surface area contributed by atoms with Crippen LogP contribution < -0.4 is 0 Å². The van der Waals surface area contributed by atoms with Crippen molar-refractivity contribution in [2.75, 3.05) is 0 Å². The highest BCUT2D eigenvalue weighted by atomic mass is 32.2. The Bertz CT molecular complexity index is 921. The van der Waals surface area contributed by atoms with Gasteiger partial charge in [0.2, 0.25) is 0 Å². The number of hydrogen-bond donors (Lipinski definition) is 0. The normalized spacial score (nSPS) is 16.4. The van der Waals surface area contributed by atoms with Gasteiger partial charge in [-0.2, -0.15) is 10.1 Å². The molecule has 25 heavy (non-hydrogen) atoms. The molecule has 1 aromatic carbocycles. The second-order valence-electron chi connectivity index (χ2n) is 4.72. The fourth-order valence-corrected chi connectivity index (χ4v) is 3.07. The third-order valence-electron chi connectivity index (χ3n) is 3.03. The van der Waals surface area contributed by atoms with E-state index in [1.54, 1.807) is 6.08 Å². The Hall–Kier alpha value is -2.85. The van der Waals surface area contributed by atoms with E-state index in [0.29, 0.717) is 10.5 Å². The van der Waals surface area contributed by atoms with Gasteiger partial charge in [-0.25, -0.2) is 4.39 Å². The average molecular weight is 377 g/mol. The van der Waals surface area contributed by atoms with Crippen molar-refractivity contribution in [1.82, 2.24) is 5.01 Å². The SMILES string of the molecule is O=C1/C(=C\c2ccc(F)cc2)SC(=S)N1/N=C/c1ccc([N+](=O)[O-])o1. The van der Waals surface area contributed by atoms with E-state index in [1.807, 2.05) is 0 Å². The molecule has 2 heterocycles. The molecule has 1 fully saturated rings. The van der Waals surface area contributed by atoms with Gasteiger partial charge < -0.3 is 4.42 Å². The Kier molecular flexibility index (Phi) is 4.72. The molecule has 2 aromatic rings. The maximum atomic E-state index is 12.9. The fraction of sp³-hybridized carbons (Fsp3) is 0. The molecule has 10 heteroatoms. The summed E-state index contributed by atoms with van der Waals surface area (Å²) in [5, 5.41) is 15.5. The molecule has 0 aliphatic carbocycles. The van der Waals surface area contributed by atoms with Gasteiger partial charge in [0.05, 0.1) is 17.2 Å². The number of nitro groups is 1. The van der Waals surface area contributed by atoms with Crippen LogP contribution in [0.25, 0.3) is 6.08 Å². The summed E-state index contributed by atoms with van der Waals surface area (Å²) in [6.45, 7) is 0. The van der Waals surface area contributed by atoms with E-state index in [1.165, 1.54) is 42.6 Å². The van der Waals surface area contributed by atoms with Crippen LogP contribution in [0.4, 0.5) is 10.3 Å². The number of furan rings is 1. The molecule has 1 amide bonds. The molecule has 0 saturated carbocycles. The van der Waals surface area contributed by atoms with Crippen LogP contribution in [0.15, 0.2) is 50.8 Å². The number of carbonyl (C=O) groups is 1. The van der Waals surface area contributed by atoms with Crippen LogP contribution in [0.3, 0.4) is 0 Å². The van der Waals surface area contributed by atoms with Crippen molar-refractivity contribution >= 4 is 52.4 Å². The molecule has 7 nitrogen and oxygen atoms in total. The summed E-state index contributed by atoms with van der Waals surface area (Å²) >= 11 is 6.16. The van der Waals surface area contributed by atoms with Crippen LogP contribution in [0.2, 0.25) is 0 Å². The number of thiocarbonyl (C=S) groups is 1. The second kappa shape index (κ2) is 6.95. The van der Waals surface area contributed by atoms with Gasteiger partial charge in [-0.15, -0.1) is 0 Å². The average Bonchev–Trinajstić information content (AvgIpc) is 3.14. The van der Waals surface area contributed by atoms with Crippen LogP contribution in [0.1, 0.15) is 11.3 Å². The Labute approximate surface area is 149 Å². The predicted octanol–water partition coefficient (Wildman–Crippen LogP) is 3.56. The first kappa shape index (κ1) is 17.0. The Morgan fingerprint density at radius 1 is 1.28 bits per heavy atom. The van der Waals surface area contributed by atoms with Crippen LogP contribution in [-0.4, -0.2) is 26.4 Å². The van der Waals surface area contributed by atoms with Crippen molar-refractivity contribution in [3.05, 3.63) is 68.6 Å². The molecular weight excluding hydrogens is 369 g/mol. The lowest BCUT2D eigenvalue weighted by Crippen LogP contribution is -2.22. The maximum Gasteiger partial charge on any atom is 0.433 e. The summed E-state index contributed by atoms with van der Waals surface area (Å²) in [7, 11) is 0. The van der Waals surface area contributed by atoms with Crippen LogP contribution >= 0.6 is 24.0 Å². The van der Waals surface area contributed by atoms with E-state index in [-0.39, 0.29) is 15.9 Å². The second-order valence-corrected chi connectivity index (χ2v) is 6.40. The first-order valence-electron chi connectivity index (χ1n) is 6.76. The molecule has 0 bridgehead atoms. The lowest BCUT2D eigenvalue weighted by atomic mass is 10.2. The van der Waals surface area contributed by atoms with Gasteiger partial charge in [0.25, 0.3) is 5.91 Å². The van der Waals surface area contributed by atoms with Crippen molar-refractivity contribution in [2.45, 2.75) is 0 Å². The number of halogens is 1. The van der Waals surface area contributed by atoms with Crippen molar-refractivity contribution in [2.24, 2.45) is 5.10 Å². The molecular formula is C15H8FN3O4S2. The number of hydrogen-bond acceptors (Lipinski definition) is 7. The molecule has 3 rings (SSSR count). The molecule has 1 aliphatic rings. The fourth-order valence-electron chi connectivity index (χ4n) is 1.89. The Balaban J connectivity index is 1.77. The topological polar surface area (TPSA) is 89.0 Å². The molecule has 1 saturated heterocycles. The zero-order valence-corrected chi connectivity index (χ0v) is 13.9. The molecule has 0 unspecified atom stereocenters. The van der Waals surface area contributed by atoms with E-state index in [0.717, 1.165) is 16.8 Å². The third kappa shape index (κ3) is 3.80. The molecule has 1 aliphatic heterocycles. The smallest absolute Gasteiger partial charge is 0.400 e. The number of amides is 1. The first-order chi connectivity index (χ1) is 11.9. The molecule has 0 radical (unpaired) electrons. The van der Waals surface area contributed by atoms with Gasteiger partial charge >= 0.3 is 5.88 Å². The van der Waals surface area contributed by atoms with Gasteiger partial charge in [-0.05, 0) is 42.1 Å². The van der Waals surface area contributed by atoms with Crippen molar-refractivity contribution in [1.29, 1.82) is 0 Å². The molecule has 1 aromatic heterocycles. The standard InChI is InChI=1S/C15H8FN3O4S2/c16-10-3-1-9(2-4-10)7-12-14(20)18(15(24)25-12)17-8-11-5-6-13(23-11)19(21)22/h1-8H/b12-7+,17-8+. The monoisotopic (exact) mass is 377 g/mol. The molecule has 0 atom stereocenters. The van der Waals surface area contributed by atoms with Gasteiger partial charge in [0.1, 0.15) is 10.7 Å². The third-order valence-corrected chi connectivity index (χ3v) is 4.32. The van der Waals surface area contributed by atoms with E-state index in [2.05, 4.69) is 5.10 Å². The predicted molar refractivity (Wildman–Crippen MR) is 94.4 cm³/mol. The summed E-state index contributed by atoms with van der Waals surface area (Å²) < 4.78 is 18.0. The van der Waals surface area contributed by atoms with Gasteiger partial charge in [0, 0.05) is 0 Å². The minimum atomic E-state index is -0.678. The summed E-state index contributed by atoms with van der Waals surface area (Å²) in [6.07, 6.45) is 2.74.